The number of benzene rings is 1. The zero-order valence-electron chi connectivity index (χ0n) is 17.2. The van der Waals surface area contributed by atoms with Crippen molar-refractivity contribution < 1.29 is 0 Å². The molecule has 1 aliphatic heterocycles. The van der Waals surface area contributed by atoms with Gasteiger partial charge < -0.3 is 4.90 Å². The molecule has 0 aromatic heterocycles. The Morgan fingerprint density at radius 3 is 2.58 bits per heavy atom. The van der Waals surface area contributed by atoms with Crippen molar-refractivity contribution in [3.8, 4) is 0 Å². The number of anilines is 1. The molecular formula is C25H33N. The molecule has 26 heavy (non-hydrogen) atoms. The third-order valence-electron chi connectivity index (χ3n) is 5.11. The maximum atomic E-state index is 3.82. The van der Waals surface area contributed by atoms with Gasteiger partial charge in [-0.05, 0) is 41.5 Å². The Bertz CT molecular complexity index is 766. The summed E-state index contributed by atoms with van der Waals surface area (Å²) in [6.45, 7) is 15.1. The normalized spacial score (nSPS) is 24.1. The third kappa shape index (κ3) is 4.66. The maximum absolute atomic E-state index is 3.82. The Labute approximate surface area is 160 Å². The van der Waals surface area contributed by atoms with Crippen LogP contribution in [0.5, 0.6) is 0 Å². The molecule has 1 unspecified atom stereocenters. The van der Waals surface area contributed by atoms with Crippen molar-refractivity contribution in [3.05, 3.63) is 89.7 Å². The number of nitrogens with zero attached hydrogens (tertiary/aromatic N) is 1. The van der Waals surface area contributed by atoms with Crippen LogP contribution in [0.1, 0.15) is 45.7 Å². The molecule has 0 amide bonds. The van der Waals surface area contributed by atoms with Gasteiger partial charge in [-0.15, -0.1) is 0 Å². The molecule has 1 heterocycles. The predicted molar refractivity (Wildman–Crippen MR) is 117 cm³/mol. The Morgan fingerprint density at radius 1 is 1.19 bits per heavy atom. The second-order valence-electron chi connectivity index (χ2n) is 8.09. The first-order valence-corrected chi connectivity index (χ1v) is 9.46. The molecule has 0 saturated carbocycles. The molecule has 0 radical (unpaired) electrons. The Balaban J connectivity index is 2.64. The van der Waals surface area contributed by atoms with E-state index >= 15 is 0 Å². The summed E-state index contributed by atoms with van der Waals surface area (Å²) < 4.78 is 0. The van der Waals surface area contributed by atoms with Crippen LogP contribution in [0.15, 0.2) is 78.6 Å². The summed E-state index contributed by atoms with van der Waals surface area (Å²) in [7, 11) is 2.17. The molecule has 0 spiro atoms. The highest BCUT2D eigenvalue weighted by Gasteiger charge is 2.18. The van der Waals surface area contributed by atoms with E-state index < -0.39 is 0 Å². The molecular weight excluding hydrogens is 314 g/mol. The molecule has 1 heteroatoms. The quantitative estimate of drug-likeness (QED) is 0.535. The highest BCUT2D eigenvalue weighted by Crippen LogP contribution is 2.32. The number of fused-ring (bicyclic) bond motifs is 1. The molecule has 0 saturated heterocycles. The number of allylic oxidation sites excluding steroid dienone is 9. The van der Waals surface area contributed by atoms with Crippen LogP contribution >= 0.6 is 0 Å². The zero-order chi connectivity index (χ0) is 19.3. The van der Waals surface area contributed by atoms with Gasteiger partial charge in [0, 0.05) is 24.4 Å². The molecule has 2 rings (SSSR count). The lowest BCUT2D eigenvalue weighted by atomic mass is 9.85. The minimum absolute atomic E-state index is 0.153. The van der Waals surface area contributed by atoms with Gasteiger partial charge in [-0.2, -0.15) is 0 Å². The predicted octanol–water partition coefficient (Wildman–Crippen LogP) is 6.74. The zero-order valence-corrected chi connectivity index (χ0v) is 17.2. The standard InChI is InChI=1S/C25H33N/c1-8-9-15-23-19(2)13-11-10-12-14-21-18-22(25(4,5)6)16-17-24(21)26(7)20(23)3/h8-13,15-19H,1,14H2,2-7H3/b12-10-,13-11-,15-9-,23-20-. The molecule has 1 aliphatic rings. The van der Waals surface area contributed by atoms with E-state index in [1.807, 2.05) is 12.2 Å². The van der Waals surface area contributed by atoms with Crippen LogP contribution in [0.25, 0.3) is 0 Å². The molecule has 0 N–H and O–H groups in total. The van der Waals surface area contributed by atoms with Crippen LogP contribution in [0.3, 0.4) is 0 Å². The fraction of sp³-hybridized carbons (Fsp3) is 0.360. The molecule has 1 aromatic carbocycles. The fourth-order valence-corrected chi connectivity index (χ4v) is 3.30. The third-order valence-corrected chi connectivity index (χ3v) is 5.11. The lowest BCUT2D eigenvalue weighted by Crippen LogP contribution is -2.20. The number of rotatable bonds is 2. The second-order valence-corrected chi connectivity index (χ2v) is 8.09. The van der Waals surface area contributed by atoms with Crippen LogP contribution < -0.4 is 4.90 Å². The summed E-state index contributed by atoms with van der Waals surface area (Å²) in [5.41, 5.74) is 6.76. The van der Waals surface area contributed by atoms with Crippen molar-refractivity contribution in [1.82, 2.24) is 0 Å². The SMILES string of the molecule is C=C/C=C\C1=C(/C)N(C)c2ccc(C(C)(C)C)cc2C/C=C\C=C/C1C. The minimum Gasteiger partial charge on any atom is -0.348 e. The Kier molecular flexibility index (Phi) is 6.47. The largest absolute Gasteiger partial charge is 0.348 e. The summed E-state index contributed by atoms with van der Waals surface area (Å²) in [4.78, 5) is 2.33. The molecule has 138 valence electrons. The van der Waals surface area contributed by atoms with Crippen molar-refractivity contribution in [2.75, 3.05) is 11.9 Å². The van der Waals surface area contributed by atoms with Crippen LogP contribution in [-0.2, 0) is 11.8 Å². The number of hydrogen-bond donors (Lipinski definition) is 0. The monoisotopic (exact) mass is 347 g/mol. The van der Waals surface area contributed by atoms with E-state index in [2.05, 4.69) is 102 Å². The fourth-order valence-electron chi connectivity index (χ4n) is 3.30. The maximum Gasteiger partial charge on any atom is 0.0441 e. The van der Waals surface area contributed by atoms with E-state index in [1.165, 1.54) is 28.1 Å². The second kappa shape index (κ2) is 8.40. The topological polar surface area (TPSA) is 3.24 Å². The smallest absolute Gasteiger partial charge is 0.0441 e. The van der Waals surface area contributed by atoms with Crippen molar-refractivity contribution in [2.45, 2.75) is 46.5 Å². The van der Waals surface area contributed by atoms with Crippen molar-refractivity contribution >= 4 is 5.69 Å². The summed E-state index contributed by atoms with van der Waals surface area (Å²) in [6.07, 6.45) is 15.8. The van der Waals surface area contributed by atoms with Gasteiger partial charge in [0.25, 0.3) is 0 Å². The van der Waals surface area contributed by atoms with Crippen molar-refractivity contribution in [1.29, 1.82) is 0 Å². The highest BCUT2D eigenvalue weighted by atomic mass is 15.1. The Morgan fingerprint density at radius 2 is 1.92 bits per heavy atom. The van der Waals surface area contributed by atoms with Gasteiger partial charge in [-0.1, -0.05) is 88.9 Å². The lowest BCUT2D eigenvalue weighted by molar-refractivity contribution is 0.589. The summed E-state index contributed by atoms with van der Waals surface area (Å²) in [5, 5.41) is 0. The number of hydrogen-bond acceptors (Lipinski definition) is 1. The molecule has 1 atom stereocenters. The van der Waals surface area contributed by atoms with E-state index in [-0.39, 0.29) is 5.41 Å². The summed E-state index contributed by atoms with van der Waals surface area (Å²) in [5.74, 6) is 0.341. The highest BCUT2D eigenvalue weighted by molar-refractivity contribution is 5.61. The molecule has 0 fully saturated rings. The van der Waals surface area contributed by atoms with Crippen LogP contribution in [0.4, 0.5) is 5.69 Å². The van der Waals surface area contributed by atoms with Crippen LogP contribution in [-0.4, -0.2) is 7.05 Å². The average Bonchev–Trinajstić information content (AvgIpc) is 2.61. The lowest BCUT2D eigenvalue weighted by Gasteiger charge is -2.28. The van der Waals surface area contributed by atoms with E-state index in [4.69, 9.17) is 0 Å². The van der Waals surface area contributed by atoms with E-state index in [1.54, 1.807) is 0 Å². The summed E-state index contributed by atoms with van der Waals surface area (Å²) >= 11 is 0. The molecule has 0 aliphatic carbocycles. The van der Waals surface area contributed by atoms with Gasteiger partial charge in [-0.3, -0.25) is 0 Å². The van der Waals surface area contributed by atoms with Gasteiger partial charge >= 0.3 is 0 Å². The van der Waals surface area contributed by atoms with Gasteiger partial charge in [0.15, 0.2) is 0 Å². The van der Waals surface area contributed by atoms with Crippen LogP contribution in [0.2, 0.25) is 0 Å². The van der Waals surface area contributed by atoms with E-state index in [9.17, 15) is 0 Å². The molecule has 0 bridgehead atoms. The van der Waals surface area contributed by atoms with Gasteiger partial charge in [-0.25, -0.2) is 0 Å². The van der Waals surface area contributed by atoms with E-state index in [0.29, 0.717) is 5.92 Å². The molecule has 1 nitrogen and oxygen atoms in total. The average molecular weight is 348 g/mol. The first-order chi connectivity index (χ1) is 12.3. The minimum atomic E-state index is 0.153. The first kappa shape index (κ1) is 20.0. The van der Waals surface area contributed by atoms with Gasteiger partial charge in [0.2, 0.25) is 0 Å². The Hall–Kier alpha value is -2.28. The van der Waals surface area contributed by atoms with Gasteiger partial charge in [0.1, 0.15) is 0 Å². The first-order valence-electron chi connectivity index (χ1n) is 9.46. The van der Waals surface area contributed by atoms with Crippen molar-refractivity contribution in [2.24, 2.45) is 5.92 Å². The summed E-state index contributed by atoms with van der Waals surface area (Å²) in [6, 6.07) is 6.92. The van der Waals surface area contributed by atoms with Crippen molar-refractivity contribution in [3.63, 3.8) is 0 Å². The van der Waals surface area contributed by atoms with Gasteiger partial charge in [0.05, 0.1) is 0 Å². The van der Waals surface area contributed by atoms with Crippen LogP contribution in [0, 0.1) is 5.92 Å². The van der Waals surface area contributed by atoms with E-state index in [0.717, 1.165) is 6.42 Å². The molecule has 1 aromatic rings.